The summed E-state index contributed by atoms with van der Waals surface area (Å²) in [6, 6.07) is 14.9. The van der Waals surface area contributed by atoms with Gasteiger partial charge < -0.3 is 9.64 Å². The first-order valence-electron chi connectivity index (χ1n) is 8.33. The van der Waals surface area contributed by atoms with Crippen LogP contribution in [0.2, 0.25) is 5.02 Å². The van der Waals surface area contributed by atoms with Crippen LogP contribution in [0, 0.1) is 0 Å². The van der Waals surface area contributed by atoms with E-state index in [1.165, 1.54) is 6.33 Å². The monoisotopic (exact) mass is 368 g/mol. The molecule has 6 nitrogen and oxygen atoms in total. The first-order chi connectivity index (χ1) is 12.7. The Morgan fingerprint density at radius 3 is 2.62 bits per heavy atom. The Bertz CT molecular complexity index is 879. The molecule has 1 amide bonds. The Labute approximate surface area is 155 Å². The zero-order valence-corrected chi connectivity index (χ0v) is 14.7. The predicted molar refractivity (Wildman–Crippen MR) is 97.9 cm³/mol. The van der Waals surface area contributed by atoms with E-state index in [9.17, 15) is 4.79 Å². The molecular formula is C19H17ClN4O2. The van der Waals surface area contributed by atoms with Crippen LogP contribution in [0.1, 0.15) is 22.0 Å². The summed E-state index contributed by atoms with van der Waals surface area (Å²) in [5, 5.41) is 7.33. The van der Waals surface area contributed by atoms with Crippen LogP contribution in [0.15, 0.2) is 54.9 Å². The smallest absolute Gasteiger partial charge is 0.254 e. The molecule has 1 atom stereocenters. The number of nitrogens with zero attached hydrogens (tertiary/aromatic N) is 3. The van der Waals surface area contributed by atoms with E-state index in [-0.39, 0.29) is 12.0 Å². The van der Waals surface area contributed by atoms with E-state index >= 15 is 0 Å². The molecular weight excluding hydrogens is 352 g/mol. The molecule has 4 rings (SSSR count). The van der Waals surface area contributed by atoms with E-state index in [1.54, 1.807) is 0 Å². The zero-order chi connectivity index (χ0) is 17.9. The Balaban J connectivity index is 1.48. The van der Waals surface area contributed by atoms with Gasteiger partial charge in [-0.25, -0.2) is 4.98 Å². The number of hydrogen-bond donors (Lipinski definition) is 1. The third-order valence-electron chi connectivity index (χ3n) is 4.42. The van der Waals surface area contributed by atoms with E-state index in [2.05, 4.69) is 15.2 Å². The van der Waals surface area contributed by atoms with Gasteiger partial charge in [-0.15, -0.1) is 0 Å². The molecule has 26 heavy (non-hydrogen) atoms. The quantitative estimate of drug-likeness (QED) is 0.769. The predicted octanol–water partition coefficient (Wildman–Crippen LogP) is 3.34. The highest BCUT2D eigenvalue weighted by molar-refractivity contribution is 6.30. The number of nitrogens with one attached hydrogen (secondary N) is 1. The summed E-state index contributed by atoms with van der Waals surface area (Å²) in [6.07, 6.45) is 1.32. The van der Waals surface area contributed by atoms with Crippen LogP contribution in [0.4, 0.5) is 0 Å². The van der Waals surface area contributed by atoms with Gasteiger partial charge in [0.15, 0.2) is 5.82 Å². The number of H-pyrrole nitrogens is 1. The van der Waals surface area contributed by atoms with E-state index in [1.807, 2.05) is 53.4 Å². The second-order valence-electron chi connectivity index (χ2n) is 6.07. The second kappa shape index (κ2) is 7.27. The fraction of sp³-hybridized carbons (Fsp3) is 0.211. The molecule has 0 radical (unpaired) electrons. The lowest BCUT2D eigenvalue weighted by Gasteiger charge is -2.33. The molecule has 7 heteroatoms. The topological polar surface area (TPSA) is 71.1 Å². The summed E-state index contributed by atoms with van der Waals surface area (Å²) in [5.41, 5.74) is 2.55. The molecule has 1 fully saturated rings. The van der Waals surface area contributed by atoms with Crippen molar-refractivity contribution >= 4 is 17.5 Å². The standard InChI is InChI=1S/C19H17ClN4O2/c20-16-7-5-13(6-8-16)17-11-24(9-10-26-17)19(25)15-3-1-14(2-4-15)18-21-12-22-23-18/h1-8,12,17H,9-11H2,(H,21,22,23)/t17-/m1/s1. The molecule has 3 aromatic rings. The molecule has 0 unspecified atom stereocenters. The summed E-state index contributed by atoms with van der Waals surface area (Å²) in [5.74, 6) is 0.676. The molecule has 1 saturated heterocycles. The van der Waals surface area contributed by atoms with Crippen LogP contribution in [0.5, 0.6) is 0 Å². The van der Waals surface area contributed by atoms with Crippen molar-refractivity contribution in [3.63, 3.8) is 0 Å². The molecule has 1 aromatic heterocycles. The maximum atomic E-state index is 12.8. The van der Waals surface area contributed by atoms with Crippen molar-refractivity contribution in [2.75, 3.05) is 19.7 Å². The van der Waals surface area contributed by atoms with E-state index in [0.717, 1.165) is 11.1 Å². The van der Waals surface area contributed by atoms with Gasteiger partial charge in [0.05, 0.1) is 13.2 Å². The fourth-order valence-corrected chi connectivity index (χ4v) is 3.14. The van der Waals surface area contributed by atoms with Crippen molar-refractivity contribution in [2.45, 2.75) is 6.10 Å². The highest BCUT2D eigenvalue weighted by atomic mass is 35.5. The molecule has 0 spiro atoms. The highest BCUT2D eigenvalue weighted by Crippen LogP contribution is 2.25. The summed E-state index contributed by atoms with van der Waals surface area (Å²) >= 11 is 5.94. The van der Waals surface area contributed by atoms with Gasteiger partial charge in [0, 0.05) is 22.7 Å². The van der Waals surface area contributed by atoms with Gasteiger partial charge in [0.2, 0.25) is 0 Å². The third kappa shape index (κ3) is 3.47. The largest absolute Gasteiger partial charge is 0.370 e. The number of aromatic amines is 1. The van der Waals surface area contributed by atoms with Crippen LogP contribution in [0.3, 0.4) is 0 Å². The molecule has 0 bridgehead atoms. The lowest BCUT2D eigenvalue weighted by molar-refractivity contribution is -0.0228. The molecule has 2 aromatic carbocycles. The number of amides is 1. The minimum atomic E-state index is -0.140. The number of halogens is 1. The summed E-state index contributed by atoms with van der Waals surface area (Å²) in [4.78, 5) is 18.8. The fourth-order valence-electron chi connectivity index (χ4n) is 3.01. The lowest BCUT2D eigenvalue weighted by Crippen LogP contribution is -2.42. The molecule has 132 valence electrons. The Morgan fingerprint density at radius 2 is 1.92 bits per heavy atom. The number of aromatic nitrogens is 3. The zero-order valence-electron chi connectivity index (χ0n) is 13.9. The van der Waals surface area contributed by atoms with Crippen LogP contribution < -0.4 is 0 Å². The van der Waals surface area contributed by atoms with Gasteiger partial charge in [-0.1, -0.05) is 35.9 Å². The van der Waals surface area contributed by atoms with Gasteiger partial charge in [-0.05, 0) is 29.8 Å². The number of hydrogen-bond acceptors (Lipinski definition) is 4. The molecule has 1 N–H and O–H groups in total. The third-order valence-corrected chi connectivity index (χ3v) is 4.67. The van der Waals surface area contributed by atoms with Crippen molar-refractivity contribution in [2.24, 2.45) is 0 Å². The van der Waals surface area contributed by atoms with E-state index in [0.29, 0.717) is 36.1 Å². The van der Waals surface area contributed by atoms with Crippen LogP contribution in [0.25, 0.3) is 11.4 Å². The summed E-state index contributed by atoms with van der Waals surface area (Å²) < 4.78 is 5.83. The average Bonchev–Trinajstić information content (AvgIpc) is 3.23. The number of carbonyl (C=O) groups excluding carboxylic acids is 1. The number of benzene rings is 2. The van der Waals surface area contributed by atoms with Gasteiger partial charge in [0.25, 0.3) is 5.91 Å². The minimum Gasteiger partial charge on any atom is -0.370 e. The molecule has 1 aliphatic heterocycles. The van der Waals surface area contributed by atoms with Crippen LogP contribution in [-0.4, -0.2) is 45.7 Å². The van der Waals surface area contributed by atoms with Crippen molar-refractivity contribution in [1.82, 2.24) is 20.1 Å². The Morgan fingerprint density at radius 1 is 1.15 bits per heavy atom. The maximum absolute atomic E-state index is 12.8. The number of ether oxygens (including phenoxy) is 1. The van der Waals surface area contributed by atoms with Crippen molar-refractivity contribution in [1.29, 1.82) is 0 Å². The Hall–Kier alpha value is -2.70. The Kier molecular flexibility index (Phi) is 4.69. The van der Waals surface area contributed by atoms with Crippen molar-refractivity contribution in [3.05, 3.63) is 71.0 Å². The minimum absolute atomic E-state index is 0.00335. The number of carbonyl (C=O) groups is 1. The molecule has 2 heterocycles. The van der Waals surface area contributed by atoms with E-state index < -0.39 is 0 Å². The number of rotatable bonds is 3. The first kappa shape index (κ1) is 16.8. The van der Waals surface area contributed by atoms with Crippen molar-refractivity contribution in [3.8, 4) is 11.4 Å². The lowest BCUT2D eigenvalue weighted by atomic mass is 10.1. The normalized spacial score (nSPS) is 17.3. The summed E-state index contributed by atoms with van der Waals surface area (Å²) in [6.45, 7) is 1.60. The van der Waals surface area contributed by atoms with Crippen LogP contribution >= 0.6 is 11.6 Å². The second-order valence-corrected chi connectivity index (χ2v) is 6.51. The van der Waals surface area contributed by atoms with Gasteiger partial charge >= 0.3 is 0 Å². The van der Waals surface area contributed by atoms with Gasteiger partial charge in [-0.3, -0.25) is 9.89 Å². The SMILES string of the molecule is O=C(c1ccc(-c2ncn[nH]2)cc1)N1CCO[C@@H](c2ccc(Cl)cc2)C1. The highest BCUT2D eigenvalue weighted by Gasteiger charge is 2.26. The van der Waals surface area contributed by atoms with Crippen molar-refractivity contribution < 1.29 is 9.53 Å². The first-order valence-corrected chi connectivity index (χ1v) is 8.70. The molecule has 0 aliphatic carbocycles. The van der Waals surface area contributed by atoms with Gasteiger partial charge in [0.1, 0.15) is 12.4 Å². The van der Waals surface area contributed by atoms with E-state index in [4.69, 9.17) is 16.3 Å². The average molecular weight is 369 g/mol. The molecule has 1 aliphatic rings. The summed E-state index contributed by atoms with van der Waals surface area (Å²) in [7, 11) is 0. The maximum Gasteiger partial charge on any atom is 0.254 e. The van der Waals surface area contributed by atoms with Gasteiger partial charge in [-0.2, -0.15) is 5.10 Å². The number of morpholine rings is 1. The van der Waals surface area contributed by atoms with Crippen LogP contribution in [-0.2, 0) is 4.74 Å². The molecule has 0 saturated carbocycles.